The zero-order valence-electron chi connectivity index (χ0n) is 19.7. The second-order valence-electron chi connectivity index (χ2n) is 7.99. The van der Waals surface area contributed by atoms with Gasteiger partial charge in [0.05, 0.1) is 12.8 Å². The average molecular weight is 454 g/mol. The lowest BCUT2D eigenvalue weighted by Crippen LogP contribution is -2.19. The van der Waals surface area contributed by atoms with Crippen molar-refractivity contribution in [3.63, 3.8) is 0 Å². The van der Waals surface area contributed by atoms with Gasteiger partial charge in [-0.15, -0.1) is 10.2 Å². The van der Waals surface area contributed by atoms with Gasteiger partial charge in [-0.3, -0.25) is 0 Å². The van der Waals surface area contributed by atoms with Gasteiger partial charge in [-0.1, -0.05) is 36.4 Å². The minimum absolute atomic E-state index is 0.348. The van der Waals surface area contributed by atoms with E-state index in [-0.39, 0.29) is 6.03 Å². The highest BCUT2D eigenvalue weighted by molar-refractivity contribution is 6.00. The molecular weight excluding hydrogens is 426 g/mol. The van der Waals surface area contributed by atoms with Crippen LogP contribution in [0, 0.1) is 13.8 Å². The third-order valence-corrected chi connectivity index (χ3v) is 5.51. The summed E-state index contributed by atoms with van der Waals surface area (Å²) in [7, 11) is 3.50. The van der Waals surface area contributed by atoms with Gasteiger partial charge in [0.1, 0.15) is 5.75 Å². The maximum atomic E-state index is 12.5. The number of nitrogens with one attached hydrogen (secondary N) is 2. The Morgan fingerprint density at radius 1 is 0.941 bits per heavy atom. The summed E-state index contributed by atoms with van der Waals surface area (Å²) in [6.45, 7) is 4.03. The fourth-order valence-electron chi connectivity index (χ4n) is 3.58. The molecule has 7 heteroatoms. The first-order valence-corrected chi connectivity index (χ1v) is 10.9. The zero-order valence-corrected chi connectivity index (χ0v) is 19.7. The highest BCUT2D eigenvalue weighted by Crippen LogP contribution is 2.26. The first-order valence-electron chi connectivity index (χ1n) is 10.9. The monoisotopic (exact) mass is 453 g/mol. The average Bonchev–Trinajstić information content (AvgIpc) is 3.19. The summed E-state index contributed by atoms with van der Waals surface area (Å²) >= 11 is 0. The molecule has 0 saturated carbocycles. The molecule has 0 saturated heterocycles. The lowest BCUT2D eigenvalue weighted by Gasteiger charge is -2.12. The molecule has 0 unspecified atom stereocenters. The SMILES string of the molecule is COc1ccc(C)cc1NC(=O)Nc1ccc(-c2nnc(/C=C/c3ccccc3C)n2C)cc1. The van der Waals surface area contributed by atoms with E-state index >= 15 is 0 Å². The number of hydrogen-bond donors (Lipinski definition) is 2. The molecule has 1 aromatic heterocycles. The number of aryl methyl sites for hydroxylation is 2. The predicted molar refractivity (Wildman–Crippen MR) is 137 cm³/mol. The molecule has 1 heterocycles. The van der Waals surface area contributed by atoms with Gasteiger partial charge in [0.25, 0.3) is 0 Å². The number of anilines is 2. The third-order valence-electron chi connectivity index (χ3n) is 5.51. The molecule has 0 spiro atoms. The standard InChI is InChI=1S/C27H27N5O2/c1-18-9-15-24(34-4)23(17-18)29-27(33)28-22-13-10-21(11-14-22)26-31-30-25(32(26)3)16-12-20-8-6-5-7-19(20)2/h5-17H,1-4H3,(H2,28,29,33)/b16-12+. The maximum Gasteiger partial charge on any atom is 0.323 e. The predicted octanol–water partition coefficient (Wildman–Crippen LogP) is 5.92. The molecule has 2 N–H and O–H groups in total. The van der Waals surface area contributed by atoms with Gasteiger partial charge in [0, 0.05) is 18.3 Å². The summed E-state index contributed by atoms with van der Waals surface area (Å²) in [5.41, 5.74) is 5.55. The molecule has 3 aromatic carbocycles. The van der Waals surface area contributed by atoms with Crippen molar-refractivity contribution < 1.29 is 9.53 Å². The van der Waals surface area contributed by atoms with Crippen molar-refractivity contribution in [3.8, 4) is 17.1 Å². The van der Waals surface area contributed by atoms with Gasteiger partial charge < -0.3 is 19.9 Å². The van der Waals surface area contributed by atoms with Crippen LogP contribution in [-0.4, -0.2) is 27.9 Å². The fourth-order valence-corrected chi connectivity index (χ4v) is 3.58. The van der Waals surface area contributed by atoms with E-state index in [9.17, 15) is 4.79 Å². The largest absolute Gasteiger partial charge is 0.495 e. The summed E-state index contributed by atoms with van der Waals surface area (Å²) in [6.07, 6.45) is 4.00. The van der Waals surface area contributed by atoms with Crippen molar-refractivity contribution in [2.24, 2.45) is 7.05 Å². The van der Waals surface area contributed by atoms with Crippen molar-refractivity contribution in [2.75, 3.05) is 17.7 Å². The topological polar surface area (TPSA) is 81.1 Å². The number of urea groups is 1. The number of methoxy groups -OCH3 is 1. The molecule has 0 aliphatic rings. The van der Waals surface area contributed by atoms with Crippen LogP contribution in [0.2, 0.25) is 0 Å². The normalized spacial score (nSPS) is 10.9. The lowest BCUT2D eigenvalue weighted by molar-refractivity contribution is 0.262. The number of carbonyl (C=O) groups excluding carboxylic acids is 1. The molecule has 172 valence electrons. The summed E-state index contributed by atoms with van der Waals surface area (Å²) in [4.78, 5) is 12.5. The van der Waals surface area contributed by atoms with E-state index in [2.05, 4.69) is 39.9 Å². The number of benzene rings is 3. The highest BCUT2D eigenvalue weighted by Gasteiger charge is 2.11. The Kier molecular flexibility index (Phi) is 6.73. The Balaban J connectivity index is 1.44. The fraction of sp³-hybridized carbons (Fsp3) is 0.148. The molecule has 0 bridgehead atoms. The van der Waals surface area contributed by atoms with Crippen LogP contribution in [0.25, 0.3) is 23.5 Å². The van der Waals surface area contributed by atoms with Crippen LogP contribution in [0.4, 0.5) is 16.2 Å². The molecule has 0 atom stereocenters. The molecule has 0 aliphatic heterocycles. The van der Waals surface area contributed by atoms with Crippen molar-refractivity contribution >= 4 is 29.6 Å². The maximum absolute atomic E-state index is 12.5. The van der Waals surface area contributed by atoms with Crippen LogP contribution in [0.3, 0.4) is 0 Å². The summed E-state index contributed by atoms with van der Waals surface area (Å²) in [5, 5.41) is 14.3. The molecule has 0 radical (unpaired) electrons. The van der Waals surface area contributed by atoms with E-state index in [4.69, 9.17) is 4.74 Å². The Labute approximate surface area is 199 Å². The van der Waals surface area contributed by atoms with E-state index in [1.165, 1.54) is 5.56 Å². The Bertz CT molecular complexity index is 1340. The number of carbonyl (C=O) groups is 1. The highest BCUT2D eigenvalue weighted by atomic mass is 16.5. The van der Waals surface area contributed by atoms with Crippen LogP contribution in [0.15, 0.2) is 66.7 Å². The molecule has 0 aliphatic carbocycles. The molecule has 2 amide bonds. The van der Waals surface area contributed by atoms with Gasteiger partial charge >= 0.3 is 6.03 Å². The summed E-state index contributed by atoms with van der Waals surface area (Å²) in [5.74, 6) is 2.10. The van der Waals surface area contributed by atoms with E-state index in [0.29, 0.717) is 17.1 Å². The number of hydrogen-bond acceptors (Lipinski definition) is 4. The Hall–Kier alpha value is -4.39. The van der Waals surface area contributed by atoms with Crippen molar-refractivity contribution in [1.82, 2.24) is 14.8 Å². The van der Waals surface area contributed by atoms with Crippen molar-refractivity contribution in [1.29, 1.82) is 0 Å². The first kappa shape index (κ1) is 22.8. The van der Waals surface area contributed by atoms with Crippen LogP contribution in [-0.2, 0) is 7.05 Å². The molecule has 4 aromatic rings. The van der Waals surface area contributed by atoms with Crippen LogP contribution in [0.1, 0.15) is 22.5 Å². The number of aromatic nitrogens is 3. The van der Waals surface area contributed by atoms with E-state index in [0.717, 1.165) is 28.3 Å². The molecular formula is C27H27N5O2. The Morgan fingerprint density at radius 2 is 1.71 bits per heavy atom. The minimum atomic E-state index is -0.348. The molecule has 34 heavy (non-hydrogen) atoms. The number of ether oxygens (including phenoxy) is 1. The van der Waals surface area contributed by atoms with Crippen molar-refractivity contribution in [3.05, 3.63) is 89.2 Å². The van der Waals surface area contributed by atoms with E-state index in [1.807, 2.05) is 85.3 Å². The number of rotatable bonds is 6. The minimum Gasteiger partial charge on any atom is -0.495 e. The summed E-state index contributed by atoms with van der Waals surface area (Å²) < 4.78 is 7.25. The van der Waals surface area contributed by atoms with E-state index < -0.39 is 0 Å². The van der Waals surface area contributed by atoms with Gasteiger partial charge in [0.15, 0.2) is 11.6 Å². The van der Waals surface area contributed by atoms with Gasteiger partial charge in [-0.2, -0.15) is 0 Å². The van der Waals surface area contributed by atoms with E-state index in [1.54, 1.807) is 7.11 Å². The molecule has 0 fully saturated rings. The Morgan fingerprint density at radius 3 is 2.44 bits per heavy atom. The van der Waals surface area contributed by atoms with Gasteiger partial charge in [-0.25, -0.2) is 4.79 Å². The summed E-state index contributed by atoms with van der Waals surface area (Å²) in [6, 6.07) is 20.9. The van der Waals surface area contributed by atoms with Gasteiger partial charge in [-0.05, 0) is 73.0 Å². The zero-order chi connectivity index (χ0) is 24.1. The molecule has 7 nitrogen and oxygen atoms in total. The van der Waals surface area contributed by atoms with Crippen LogP contribution < -0.4 is 15.4 Å². The smallest absolute Gasteiger partial charge is 0.323 e. The quantitative estimate of drug-likeness (QED) is 0.380. The molecule has 4 rings (SSSR count). The number of nitrogens with zero attached hydrogens (tertiary/aromatic N) is 3. The number of amides is 2. The lowest BCUT2D eigenvalue weighted by atomic mass is 10.1. The van der Waals surface area contributed by atoms with Crippen LogP contribution in [0.5, 0.6) is 5.75 Å². The second-order valence-corrected chi connectivity index (χ2v) is 7.99. The first-order chi connectivity index (χ1) is 16.4. The van der Waals surface area contributed by atoms with Crippen LogP contribution >= 0.6 is 0 Å². The van der Waals surface area contributed by atoms with Gasteiger partial charge in [0.2, 0.25) is 0 Å². The van der Waals surface area contributed by atoms with Crippen molar-refractivity contribution in [2.45, 2.75) is 13.8 Å². The third kappa shape index (κ3) is 5.15. The second kappa shape index (κ2) is 10.0.